The zero-order valence-corrected chi connectivity index (χ0v) is 13.9. The van der Waals surface area contributed by atoms with E-state index in [1.54, 1.807) is 0 Å². The molecule has 0 N–H and O–H groups in total. The number of hydrogen-bond acceptors (Lipinski definition) is 2. The largest absolute Gasteiger partial charge is 0.335 e. The van der Waals surface area contributed by atoms with Crippen molar-refractivity contribution < 1.29 is 4.79 Å². The van der Waals surface area contributed by atoms with Crippen LogP contribution in [0.1, 0.15) is 36.4 Å². The zero-order chi connectivity index (χ0) is 12.6. The molecule has 1 aliphatic rings. The summed E-state index contributed by atoms with van der Waals surface area (Å²) in [4.78, 5) is 15.2. The van der Waals surface area contributed by atoms with Gasteiger partial charge in [0.25, 0.3) is 5.91 Å². The normalized spacial score (nSPS) is 25.1. The van der Waals surface area contributed by atoms with Gasteiger partial charge in [-0.3, -0.25) is 4.79 Å². The van der Waals surface area contributed by atoms with Gasteiger partial charge in [-0.05, 0) is 63.6 Å². The maximum atomic E-state index is 12.4. The minimum atomic E-state index is 0.167. The second-order valence-electron chi connectivity index (χ2n) is 4.59. The molecule has 0 radical (unpaired) electrons. The first kappa shape index (κ1) is 13.6. The van der Waals surface area contributed by atoms with Crippen LogP contribution in [0.25, 0.3) is 0 Å². The monoisotopic (exact) mass is 379 g/mol. The van der Waals surface area contributed by atoms with E-state index in [9.17, 15) is 4.79 Å². The van der Waals surface area contributed by atoms with Gasteiger partial charge in [-0.15, -0.1) is 11.3 Å². The molecule has 0 aliphatic carbocycles. The first-order valence-corrected chi connectivity index (χ1v) is 8.16. The molecular weight excluding hydrogens is 366 g/mol. The smallest absolute Gasteiger partial charge is 0.264 e. The van der Waals surface area contributed by atoms with Gasteiger partial charge in [0.2, 0.25) is 0 Å². The van der Waals surface area contributed by atoms with Gasteiger partial charge >= 0.3 is 0 Å². The van der Waals surface area contributed by atoms with Crippen LogP contribution in [0.3, 0.4) is 0 Å². The SMILES string of the molecule is CC1CCCN(C(=O)c2cc(Br)c(Br)s2)C1C. The lowest BCUT2D eigenvalue weighted by Crippen LogP contribution is -2.45. The Morgan fingerprint density at radius 1 is 1.47 bits per heavy atom. The molecule has 1 fully saturated rings. The quantitative estimate of drug-likeness (QED) is 0.700. The van der Waals surface area contributed by atoms with Gasteiger partial charge in [0.1, 0.15) is 0 Å². The Morgan fingerprint density at radius 2 is 2.18 bits per heavy atom. The summed E-state index contributed by atoms with van der Waals surface area (Å²) in [5, 5.41) is 0. The molecule has 2 atom stereocenters. The number of hydrogen-bond donors (Lipinski definition) is 0. The number of nitrogens with zero attached hydrogens (tertiary/aromatic N) is 1. The Kier molecular flexibility index (Phi) is 4.31. The summed E-state index contributed by atoms with van der Waals surface area (Å²) in [6.07, 6.45) is 2.34. The number of thiophene rings is 1. The van der Waals surface area contributed by atoms with E-state index in [2.05, 4.69) is 45.7 Å². The summed E-state index contributed by atoms with van der Waals surface area (Å²) in [5.41, 5.74) is 0. The minimum Gasteiger partial charge on any atom is -0.335 e. The van der Waals surface area contributed by atoms with E-state index in [0.29, 0.717) is 12.0 Å². The maximum Gasteiger partial charge on any atom is 0.264 e. The minimum absolute atomic E-state index is 0.167. The standard InChI is InChI=1S/C12H15Br2NOS/c1-7-4-3-5-15(8(7)2)12(16)10-6-9(13)11(14)17-10/h6-8H,3-5H2,1-2H3. The molecule has 1 saturated heterocycles. The van der Waals surface area contributed by atoms with Crippen LogP contribution in [0.4, 0.5) is 0 Å². The highest BCUT2D eigenvalue weighted by molar-refractivity contribution is 9.13. The van der Waals surface area contributed by atoms with Crippen LogP contribution in [-0.2, 0) is 0 Å². The molecule has 0 saturated carbocycles. The Bertz CT molecular complexity index is 413. The highest BCUT2D eigenvalue weighted by Gasteiger charge is 2.29. The van der Waals surface area contributed by atoms with Crippen molar-refractivity contribution in [3.8, 4) is 0 Å². The van der Waals surface area contributed by atoms with Crippen LogP contribution < -0.4 is 0 Å². The third kappa shape index (κ3) is 2.76. The first-order chi connectivity index (χ1) is 8.00. The molecule has 0 aromatic carbocycles. The van der Waals surface area contributed by atoms with Crippen LogP contribution in [0.5, 0.6) is 0 Å². The molecule has 1 amide bonds. The molecule has 2 nitrogen and oxygen atoms in total. The molecule has 5 heteroatoms. The number of likely N-dealkylation sites (tertiary alicyclic amines) is 1. The zero-order valence-electron chi connectivity index (χ0n) is 9.87. The second-order valence-corrected chi connectivity index (χ2v) is 7.82. The van der Waals surface area contributed by atoms with E-state index in [-0.39, 0.29) is 5.91 Å². The van der Waals surface area contributed by atoms with E-state index in [1.807, 2.05) is 11.0 Å². The number of halogens is 2. The average Bonchev–Trinajstić information content (AvgIpc) is 2.62. The number of carbonyl (C=O) groups excluding carboxylic acids is 1. The number of amides is 1. The molecular formula is C12H15Br2NOS. The summed E-state index contributed by atoms with van der Waals surface area (Å²) in [5.74, 6) is 0.764. The van der Waals surface area contributed by atoms with E-state index < -0.39 is 0 Å². The van der Waals surface area contributed by atoms with Crippen LogP contribution in [-0.4, -0.2) is 23.4 Å². The summed E-state index contributed by atoms with van der Waals surface area (Å²) >= 11 is 8.36. The fourth-order valence-electron chi connectivity index (χ4n) is 2.22. The fraction of sp³-hybridized carbons (Fsp3) is 0.583. The lowest BCUT2D eigenvalue weighted by Gasteiger charge is -2.37. The van der Waals surface area contributed by atoms with Crippen molar-refractivity contribution in [3.63, 3.8) is 0 Å². The van der Waals surface area contributed by atoms with E-state index in [1.165, 1.54) is 17.8 Å². The van der Waals surface area contributed by atoms with E-state index in [0.717, 1.165) is 26.1 Å². The van der Waals surface area contributed by atoms with Crippen LogP contribution in [0.2, 0.25) is 0 Å². The molecule has 1 aromatic heterocycles. The van der Waals surface area contributed by atoms with Crippen LogP contribution in [0.15, 0.2) is 14.3 Å². The highest BCUT2D eigenvalue weighted by Crippen LogP contribution is 2.34. The van der Waals surface area contributed by atoms with Gasteiger partial charge < -0.3 is 4.90 Å². The third-order valence-electron chi connectivity index (χ3n) is 3.49. The molecule has 2 unspecified atom stereocenters. The van der Waals surface area contributed by atoms with Gasteiger partial charge in [-0.1, -0.05) is 6.92 Å². The van der Waals surface area contributed by atoms with Crippen molar-refractivity contribution in [2.24, 2.45) is 5.92 Å². The van der Waals surface area contributed by atoms with Gasteiger partial charge in [-0.2, -0.15) is 0 Å². The van der Waals surface area contributed by atoms with Crippen molar-refractivity contribution in [2.45, 2.75) is 32.7 Å². The van der Waals surface area contributed by atoms with E-state index >= 15 is 0 Å². The van der Waals surface area contributed by atoms with Gasteiger partial charge in [0.05, 0.1) is 8.66 Å². The molecule has 17 heavy (non-hydrogen) atoms. The molecule has 0 bridgehead atoms. The van der Waals surface area contributed by atoms with Crippen molar-refractivity contribution in [1.82, 2.24) is 4.90 Å². The second kappa shape index (κ2) is 5.41. The Morgan fingerprint density at radius 3 is 2.76 bits per heavy atom. The van der Waals surface area contributed by atoms with Crippen molar-refractivity contribution in [3.05, 3.63) is 19.2 Å². The maximum absolute atomic E-state index is 12.4. The predicted molar refractivity (Wildman–Crippen MR) is 78.6 cm³/mol. The molecule has 0 spiro atoms. The molecule has 2 heterocycles. The van der Waals surface area contributed by atoms with Crippen LogP contribution in [0, 0.1) is 5.92 Å². The van der Waals surface area contributed by atoms with Crippen molar-refractivity contribution in [1.29, 1.82) is 0 Å². The predicted octanol–water partition coefficient (Wildman–Crippen LogP) is 4.53. The van der Waals surface area contributed by atoms with E-state index in [4.69, 9.17) is 0 Å². The summed E-state index contributed by atoms with van der Waals surface area (Å²) < 4.78 is 1.95. The Hall–Kier alpha value is 0.130. The molecule has 2 rings (SSSR count). The summed E-state index contributed by atoms with van der Waals surface area (Å²) in [6, 6.07) is 2.25. The lowest BCUT2D eigenvalue weighted by molar-refractivity contribution is 0.0556. The van der Waals surface area contributed by atoms with Crippen molar-refractivity contribution >= 4 is 49.1 Å². The summed E-state index contributed by atoms with van der Waals surface area (Å²) in [6.45, 7) is 5.27. The fourth-order valence-corrected chi connectivity index (χ4v) is 4.21. The summed E-state index contributed by atoms with van der Waals surface area (Å²) in [7, 11) is 0. The van der Waals surface area contributed by atoms with Gasteiger partial charge in [0, 0.05) is 17.1 Å². The number of carbonyl (C=O) groups is 1. The van der Waals surface area contributed by atoms with Gasteiger partial charge in [-0.25, -0.2) is 0 Å². The lowest BCUT2D eigenvalue weighted by atomic mass is 9.92. The number of rotatable bonds is 1. The average molecular weight is 381 g/mol. The van der Waals surface area contributed by atoms with Crippen LogP contribution >= 0.6 is 43.2 Å². The first-order valence-electron chi connectivity index (χ1n) is 5.76. The molecule has 94 valence electrons. The van der Waals surface area contributed by atoms with Crippen molar-refractivity contribution in [2.75, 3.05) is 6.54 Å². The Labute approximate surface area is 123 Å². The topological polar surface area (TPSA) is 20.3 Å². The molecule has 1 aromatic rings. The Balaban J connectivity index is 2.19. The molecule has 1 aliphatic heterocycles. The highest BCUT2D eigenvalue weighted by atomic mass is 79.9. The number of piperidine rings is 1. The third-order valence-corrected chi connectivity index (χ3v) is 6.73. The van der Waals surface area contributed by atoms with Gasteiger partial charge in [0.15, 0.2) is 0 Å².